The molecule has 1 amide bonds. The maximum atomic E-state index is 12.8. The Kier molecular flexibility index (Phi) is 3.86. The maximum Gasteiger partial charge on any atom is 0.275 e. The van der Waals surface area contributed by atoms with Gasteiger partial charge in [-0.1, -0.05) is 10.3 Å². The fourth-order valence-corrected chi connectivity index (χ4v) is 3.45. The van der Waals surface area contributed by atoms with Gasteiger partial charge < -0.3 is 4.90 Å². The Morgan fingerprint density at radius 1 is 1.31 bits per heavy atom. The summed E-state index contributed by atoms with van der Waals surface area (Å²) in [6.07, 6.45) is 1.89. The molecule has 0 aliphatic carbocycles. The van der Waals surface area contributed by atoms with Gasteiger partial charge in [-0.2, -0.15) is 0 Å². The summed E-state index contributed by atoms with van der Waals surface area (Å²) in [4.78, 5) is 31.5. The number of H-pyrrole nitrogens is 1. The highest BCUT2D eigenvalue weighted by atomic mass is 16.6. The third kappa shape index (κ3) is 2.59. The van der Waals surface area contributed by atoms with E-state index in [0.717, 1.165) is 18.5 Å². The molecule has 1 N–H and O–H groups in total. The molecule has 0 aromatic carbocycles. The molecule has 1 aliphatic heterocycles. The lowest BCUT2D eigenvalue weighted by Crippen LogP contribution is -2.32. The number of carbonyl (C=O) groups excluding carboxylic acids is 1. The summed E-state index contributed by atoms with van der Waals surface area (Å²) in [7, 11) is 0. The van der Waals surface area contributed by atoms with E-state index in [9.17, 15) is 9.59 Å². The van der Waals surface area contributed by atoms with Crippen LogP contribution in [0.2, 0.25) is 0 Å². The van der Waals surface area contributed by atoms with Gasteiger partial charge in [-0.3, -0.25) is 14.7 Å². The van der Waals surface area contributed by atoms with Crippen molar-refractivity contribution in [2.45, 2.75) is 46.1 Å². The molecule has 1 aliphatic rings. The second-order valence-electron chi connectivity index (χ2n) is 6.75. The van der Waals surface area contributed by atoms with Crippen molar-refractivity contribution >= 4 is 11.6 Å². The molecule has 0 saturated carbocycles. The number of hydrogen-bond donors (Lipinski definition) is 1. The second kappa shape index (κ2) is 6.08. The van der Waals surface area contributed by atoms with E-state index in [1.807, 2.05) is 17.9 Å². The maximum absolute atomic E-state index is 12.8. The Bertz CT molecular complexity index is 1050. The molecule has 1 fully saturated rings. The summed E-state index contributed by atoms with van der Waals surface area (Å²) < 4.78 is 6.12. The minimum Gasteiger partial charge on any atom is -0.334 e. The van der Waals surface area contributed by atoms with Crippen LogP contribution in [-0.4, -0.2) is 42.3 Å². The number of fused-ring (bicyclic) bond motifs is 1. The monoisotopic (exact) mass is 356 g/mol. The minimum absolute atomic E-state index is 0.0300. The van der Waals surface area contributed by atoms with Crippen LogP contribution in [0.3, 0.4) is 0 Å². The number of amides is 1. The molecule has 1 saturated heterocycles. The molecular formula is C17H20N6O3. The SMILES string of the molecule is Cc1nonc1CC(=O)N1CCC[C@@H]1c1cc2nc(C)c(C)c(=O)n2[nH]1. The van der Waals surface area contributed by atoms with E-state index in [4.69, 9.17) is 0 Å². The van der Waals surface area contributed by atoms with Gasteiger partial charge in [0.05, 0.1) is 18.2 Å². The topological polar surface area (TPSA) is 109 Å². The average molecular weight is 356 g/mol. The second-order valence-corrected chi connectivity index (χ2v) is 6.75. The van der Waals surface area contributed by atoms with Gasteiger partial charge in [0.15, 0.2) is 5.65 Å². The van der Waals surface area contributed by atoms with Gasteiger partial charge in [0, 0.05) is 23.9 Å². The summed E-state index contributed by atoms with van der Waals surface area (Å²) in [5.41, 5.74) is 3.80. The standard InChI is InChI=1S/C17H20N6O3/c1-9-10(2)18-15-7-13(19-23(15)17(9)25)14-5-4-6-22(14)16(24)8-12-11(3)20-26-21-12/h7,14,19H,4-6,8H2,1-3H3/t14-/m1/s1. The predicted octanol–water partition coefficient (Wildman–Crippen LogP) is 1.24. The Balaban J connectivity index is 1.65. The molecule has 0 unspecified atom stereocenters. The van der Waals surface area contributed by atoms with Gasteiger partial charge in [0.25, 0.3) is 5.56 Å². The molecule has 9 heteroatoms. The molecule has 1 atom stereocenters. The average Bonchev–Trinajstić information content (AvgIpc) is 3.32. The number of nitrogens with zero attached hydrogens (tertiary/aromatic N) is 5. The van der Waals surface area contributed by atoms with Gasteiger partial charge >= 0.3 is 0 Å². The molecule has 9 nitrogen and oxygen atoms in total. The van der Waals surface area contributed by atoms with Gasteiger partial charge in [-0.25, -0.2) is 14.1 Å². The van der Waals surface area contributed by atoms with E-state index >= 15 is 0 Å². The fourth-order valence-electron chi connectivity index (χ4n) is 3.45. The normalized spacial score (nSPS) is 17.3. The van der Waals surface area contributed by atoms with Crippen molar-refractivity contribution in [3.63, 3.8) is 0 Å². The molecule has 136 valence electrons. The number of aryl methyl sites for hydroxylation is 2. The zero-order valence-corrected chi connectivity index (χ0v) is 14.9. The highest BCUT2D eigenvalue weighted by Gasteiger charge is 2.32. The highest BCUT2D eigenvalue weighted by Crippen LogP contribution is 2.32. The Hall–Kier alpha value is -2.97. The van der Waals surface area contributed by atoms with Crippen LogP contribution in [0, 0.1) is 20.8 Å². The van der Waals surface area contributed by atoms with E-state index in [2.05, 4.69) is 25.0 Å². The zero-order chi connectivity index (χ0) is 18.4. The van der Waals surface area contributed by atoms with Crippen molar-refractivity contribution in [2.24, 2.45) is 0 Å². The Morgan fingerprint density at radius 2 is 2.12 bits per heavy atom. The highest BCUT2D eigenvalue weighted by molar-refractivity contribution is 5.79. The first kappa shape index (κ1) is 16.5. The molecule has 4 heterocycles. The summed E-state index contributed by atoms with van der Waals surface area (Å²) in [6.45, 7) is 6.02. The first-order valence-electron chi connectivity index (χ1n) is 8.62. The lowest BCUT2D eigenvalue weighted by Gasteiger charge is -2.23. The van der Waals surface area contributed by atoms with Gasteiger partial charge in [0.1, 0.15) is 11.4 Å². The molecule has 0 spiro atoms. The molecule has 3 aromatic heterocycles. The largest absolute Gasteiger partial charge is 0.334 e. The summed E-state index contributed by atoms with van der Waals surface area (Å²) in [5.74, 6) is -0.0300. The van der Waals surface area contributed by atoms with E-state index in [1.165, 1.54) is 4.52 Å². The van der Waals surface area contributed by atoms with Crippen molar-refractivity contribution in [3.05, 3.63) is 44.8 Å². The third-order valence-electron chi connectivity index (χ3n) is 5.10. The van der Waals surface area contributed by atoms with Gasteiger partial charge in [-0.15, -0.1) is 0 Å². The number of likely N-dealkylation sites (tertiary alicyclic amines) is 1. The molecular weight excluding hydrogens is 336 g/mol. The Morgan fingerprint density at radius 3 is 2.85 bits per heavy atom. The minimum atomic E-state index is -0.112. The van der Waals surface area contributed by atoms with E-state index < -0.39 is 0 Å². The van der Waals surface area contributed by atoms with Gasteiger partial charge in [0.2, 0.25) is 5.91 Å². The predicted molar refractivity (Wildman–Crippen MR) is 91.7 cm³/mol. The van der Waals surface area contributed by atoms with Crippen LogP contribution < -0.4 is 5.56 Å². The first-order chi connectivity index (χ1) is 12.5. The number of rotatable bonds is 3. The lowest BCUT2D eigenvalue weighted by atomic mass is 10.1. The Labute approximate surface area is 149 Å². The van der Waals surface area contributed by atoms with E-state index in [1.54, 1.807) is 13.8 Å². The molecule has 0 bridgehead atoms. The van der Waals surface area contributed by atoms with Crippen molar-refractivity contribution in [1.82, 2.24) is 29.8 Å². The van der Waals surface area contributed by atoms with Crippen LogP contribution in [0.4, 0.5) is 0 Å². The summed E-state index contributed by atoms with van der Waals surface area (Å²) >= 11 is 0. The van der Waals surface area contributed by atoms with Crippen LogP contribution >= 0.6 is 0 Å². The molecule has 26 heavy (non-hydrogen) atoms. The van der Waals surface area contributed by atoms with Crippen LogP contribution in [0.5, 0.6) is 0 Å². The number of hydrogen-bond acceptors (Lipinski definition) is 6. The van der Waals surface area contributed by atoms with Crippen LogP contribution in [0.15, 0.2) is 15.5 Å². The molecule has 4 rings (SSSR count). The number of carbonyl (C=O) groups is 1. The number of nitrogens with one attached hydrogen (secondary N) is 1. The van der Waals surface area contributed by atoms with Crippen LogP contribution in [0.25, 0.3) is 5.65 Å². The molecule has 3 aromatic rings. The lowest BCUT2D eigenvalue weighted by molar-refractivity contribution is -0.131. The van der Waals surface area contributed by atoms with E-state index in [-0.39, 0.29) is 23.9 Å². The number of aromatic nitrogens is 5. The van der Waals surface area contributed by atoms with E-state index in [0.29, 0.717) is 34.8 Å². The smallest absolute Gasteiger partial charge is 0.275 e. The molecule has 0 radical (unpaired) electrons. The van der Waals surface area contributed by atoms with Gasteiger partial charge in [-0.05, 0) is 33.6 Å². The van der Waals surface area contributed by atoms with Crippen molar-refractivity contribution in [3.8, 4) is 0 Å². The van der Waals surface area contributed by atoms with Crippen LogP contribution in [0.1, 0.15) is 47.2 Å². The van der Waals surface area contributed by atoms with Crippen LogP contribution in [-0.2, 0) is 11.2 Å². The summed E-state index contributed by atoms with van der Waals surface area (Å²) in [6, 6.07) is 1.75. The third-order valence-corrected chi connectivity index (χ3v) is 5.10. The van der Waals surface area contributed by atoms with Crippen molar-refractivity contribution in [1.29, 1.82) is 0 Å². The van der Waals surface area contributed by atoms with Crippen molar-refractivity contribution < 1.29 is 9.42 Å². The first-order valence-corrected chi connectivity index (χ1v) is 8.62. The van der Waals surface area contributed by atoms with Crippen molar-refractivity contribution in [2.75, 3.05) is 6.54 Å². The quantitative estimate of drug-likeness (QED) is 0.756. The number of aromatic amines is 1. The fraction of sp³-hybridized carbons (Fsp3) is 0.471. The zero-order valence-electron chi connectivity index (χ0n) is 14.9. The summed E-state index contributed by atoms with van der Waals surface area (Å²) in [5, 5.41) is 10.6.